The van der Waals surface area contributed by atoms with Crippen molar-refractivity contribution in [1.29, 1.82) is 0 Å². The standard InChI is InChI=1S/C15H20N2O6/c18-11-8-7-10(14(22)15(11)23)9-16-17-12(19)5-3-1-2-4-6-13(20)21/h7-9,18,22-23H,1-6H2,(H,17,19)(H,20,21)/b16-9+. The van der Waals surface area contributed by atoms with Crippen LogP contribution in [0.2, 0.25) is 0 Å². The molecule has 0 aliphatic rings. The highest BCUT2D eigenvalue weighted by Gasteiger charge is 2.09. The molecule has 1 aromatic carbocycles. The minimum atomic E-state index is -0.819. The molecule has 8 heteroatoms. The smallest absolute Gasteiger partial charge is 0.303 e. The van der Waals surface area contributed by atoms with Gasteiger partial charge < -0.3 is 20.4 Å². The summed E-state index contributed by atoms with van der Waals surface area (Å²) in [6, 6.07) is 2.53. The number of carbonyl (C=O) groups excluding carboxylic acids is 1. The summed E-state index contributed by atoms with van der Waals surface area (Å²) in [5, 5.41) is 40.2. The van der Waals surface area contributed by atoms with Gasteiger partial charge in [0.1, 0.15) is 0 Å². The highest BCUT2D eigenvalue weighted by atomic mass is 16.4. The number of aliphatic carboxylic acids is 1. The number of carboxylic acid groups (broad SMARTS) is 1. The lowest BCUT2D eigenvalue weighted by Gasteiger charge is -2.03. The van der Waals surface area contributed by atoms with Crippen LogP contribution in [0.25, 0.3) is 0 Å². The van der Waals surface area contributed by atoms with E-state index in [2.05, 4.69) is 10.5 Å². The number of hydrazone groups is 1. The number of amides is 1. The molecule has 1 rings (SSSR count). The van der Waals surface area contributed by atoms with Crippen LogP contribution in [0.3, 0.4) is 0 Å². The van der Waals surface area contributed by atoms with Crippen molar-refractivity contribution < 1.29 is 30.0 Å². The van der Waals surface area contributed by atoms with Crippen LogP contribution in [0.4, 0.5) is 0 Å². The van der Waals surface area contributed by atoms with Crippen LogP contribution in [-0.4, -0.2) is 38.5 Å². The number of aromatic hydroxyl groups is 3. The third-order valence-corrected chi connectivity index (χ3v) is 3.10. The van der Waals surface area contributed by atoms with Gasteiger partial charge in [0.15, 0.2) is 11.5 Å². The fraction of sp³-hybridized carbons (Fsp3) is 0.400. The van der Waals surface area contributed by atoms with E-state index in [1.165, 1.54) is 12.1 Å². The van der Waals surface area contributed by atoms with Crippen LogP contribution in [0, 0.1) is 0 Å². The summed E-state index contributed by atoms with van der Waals surface area (Å²) in [7, 11) is 0. The quantitative estimate of drug-likeness (QED) is 0.203. The first-order chi connectivity index (χ1) is 10.9. The highest BCUT2D eigenvalue weighted by Crippen LogP contribution is 2.36. The average Bonchev–Trinajstić information content (AvgIpc) is 2.50. The number of nitrogens with zero attached hydrogens (tertiary/aromatic N) is 1. The van der Waals surface area contributed by atoms with Crippen molar-refractivity contribution in [1.82, 2.24) is 5.43 Å². The molecule has 0 aliphatic carbocycles. The number of carboxylic acids is 1. The SMILES string of the molecule is O=C(O)CCCCCCC(=O)N/N=C/c1ccc(O)c(O)c1O. The summed E-state index contributed by atoms with van der Waals surface area (Å²) in [5.74, 6) is -2.75. The molecule has 0 aromatic heterocycles. The number of nitrogens with one attached hydrogen (secondary N) is 1. The number of hydrogen-bond donors (Lipinski definition) is 5. The van der Waals surface area contributed by atoms with Gasteiger partial charge in [-0.3, -0.25) is 9.59 Å². The number of unbranched alkanes of at least 4 members (excludes halogenated alkanes) is 3. The van der Waals surface area contributed by atoms with E-state index >= 15 is 0 Å². The van der Waals surface area contributed by atoms with Crippen molar-refractivity contribution in [3.05, 3.63) is 17.7 Å². The Kier molecular flexibility index (Phi) is 7.38. The maximum atomic E-state index is 11.5. The van der Waals surface area contributed by atoms with Gasteiger partial charge in [0, 0.05) is 18.4 Å². The Hall–Kier alpha value is -2.77. The summed E-state index contributed by atoms with van der Waals surface area (Å²) < 4.78 is 0. The van der Waals surface area contributed by atoms with E-state index in [4.69, 9.17) is 5.11 Å². The molecule has 1 amide bonds. The van der Waals surface area contributed by atoms with E-state index in [0.29, 0.717) is 12.8 Å². The Balaban J connectivity index is 2.28. The molecule has 0 fully saturated rings. The summed E-state index contributed by atoms with van der Waals surface area (Å²) >= 11 is 0. The zero-order valence-corrected chi connectivity index (χ0v) is 12.5. The monoisotopic (exact) mass is 324 g/mol. The number of benzene rings is 1. The Morgan fingerprint density at radius 3 is 2.30 bits per heavy atom. The molecule has 0 spiro atoms. The van der Waals surface area contributed by atoms with Crippen molar-refractivity contribution in [2.24, 2.45) is 5.10 Å². The van der Waals surface area contributed by atoms with E-state index in [1.807, 2.05) is 0 Å². The number of phenols is 3. The van der Waals surface area contributed by atoms with Gasteiger partial charge in [-0.25, -0.2) is 5.43 Å². The van der Waals surface area contributed by atoms with Crippen LogP contribution in [0.1, 0.15) is 44.1 Å². The Morgan fingerprint density at radius 1 is 1.00 bits per heavy atom. The zero-order valence-electron chi connectivity index (χ0n) is 12.5. The van der Waals surface area contributed by atoms with Crippen molar-refractivity contribution in [3.63, 3.8) is 0 Å². The molecular formula is C15H20N2O6. The van der Waals surface area contributed by atoms with Crippen LogP contribution in [-0.2, 0) is 9.59 Å². The second-order valence-corrected chi connectivity index (χ2v) is 4.97. The number of phenolic OH excluding ortho intramolecular Hbond substituents is 3. The second kappa shape index (κ2) is 9.29. The molecule has 0 heterocycles. The van der Waals surface area contributed by atoms with Gasteiger partial charge >= 0.3 is 5.97 Å². The molecule has 0 atom stereocenters. The Labute approximate surface area is 133 Å². The molecule has 8 nitrogen and oxygen atoms in total. The molecule has 0 aliphatic heterocycles. The largest absolute Gasteiger partial charge is 0.504 e. The van der Waals surface area contributed by atoms with E-state index < -0.39 is 23.2 Å². The summed E-state index contributed by atoms with van der Waals surface area (Å²) in [4.78, 5) is 21.8. The molecule has 23 heavy (non-hydrogen) atoms. The third-order valence-electron chi connectivity index (χ3n) is 3.10. The normalized spacial score (nSPS) is 10.8. The fourth-order valence-electron chi connectivity index (χ4n) is 1.83. The summed E-state index contributed by atoms with van der Waals surface area (Å²) in [6.45, 7) is 0. The van der Waals surface area contributed by atoms with Gasteiger partial charge in [0.2, 0.25) is 11.7 Å². The molecule has 5 N–H and O–H groups in total. The van der Waals surface area contributed by atoms with Crippen molar-refractivity contribution in [2.75, 3.05) is 0 Å². The number of hydrogen-bond acceptors (Lipinski definition) is 6. The third kappa shape index (κ3) is 6.68. The lowest BCUT2D eigenvalue weighted by atomic mass is 10.1. The highest BCUT2D eigenvalue weighted by molar-refractivity contribution is 5.86. The molecule has 126 valence electrons. The van der Waals surface area contributed by atoms with E-state index in [-0.39, 0.29) is 24.3 Å². The molecule has 1 aromatic rings. The van der Waals surface area contributed by atoms with Gasteiger partial charge in [-0.1, -0.05) is 12.8 Å². The lowest BCUT2D eigenvalue weighted by Crippen LogP contribution is -2.16. The topological polar surface area (TPSA) is 139 Å². The average molecular weight is 324 g/mol. The van der Waals surface area contributed by atoms with Crippen molar-refractivity contribution >= 4 is 18.1 Å². The predicted molar refractivity (Wildman–Crippen MR) is 82.5 cm³/mol. The predicted octanol–water partition coefficient (Wildman–Crippen LogP) is 1.68. The zero-order chi connectivity index (χ0) is 17.2. The second-order valence-electron chi connectivity index (χ2n) is 4.97. The first kappa shape index (κ1) is 18.3. The van der Waals surface area contributed by atoms with Crippen molar-refractivity contribution in [2.45, 2.75) is 38.5 Å². The lowest BCUT2D eigenvalue weighted by molar-refractivity contribution is -0.137. The summed E-state index contributed by atoms with van der Waals surface area (Å²) in [6.07, 6.45) is 4.29. The van der Waals surface area contributed by atoms with Crippen LogP contribution in [0.15, 0.2) is 17.2 Å². The maximum Gasteiger partial charge on any atom is 0.303 e. The Bertz CT molecular complexity index is 586. The van der Waals surface area contributed by atoms with Crippen LogP contribution >= 0.6 is 0 Å². The van der Waals surface area contributed by atoms with E-state index in [9.17, 15) is 24.9 Å². The molecule has 0 unspecified atom stereocenters. The van der Waals surface area contributed by atoms with Gasteiger partial charge in [0.05, 0.1) is 6.21 Å². The number of rotatable bonds is 9. The molecule has 0 saturated carbocycles. The van der Waals surface area contributed by atoms with Crippen molar-refractivity contribution in [3.8, 4) is 17.2 Å². The van der Waals surface area contributed by atoms with Gasteiger partial charge in [0.25, 0.3) is 0 Å². The minimum absolute atomic E-state index is 0.138. The first-order valence-electron chi connectivity index (χ1n) is 7.19. The minimum Gasteiger partial charge on any atom is -0.504 e. The maximum absolute atomic E-state index is 11.5. The molecular weight excluding hydrogens is 304 g/mol. The molecule has 0 bridgehead atoms. The fourth-order valence-corrected chi connectivity index (χ4v) is 1.83. The van der Waals surface area contributed by atoms with E-state index in [0.717, 1.165) is 19.1 Å². The van der Waals surface area contributed by atoms with Gasteiger partial charge in [-0.05, 0) is 25.0 Å². The van der Waals surface area contributed by atoms with Gasteiger partial charge in [-0.15, -0.1) is 0 Å². The number of carbonyl (C=O) groups is 2. The van der Waals surface area contributed by atoms with Crippen LogP contribution < -0.4 is 5.43 Å². The molecule has 0 saturated heterocycles. The van der Waals surface area contributed by atoms with Gasteiger partial charge in [-0.2, -0.15) is 5.10 Å². The summed E-state index contributed by atoms with van der Waals surface area (Å²) in [5.41, 5.74) is 2.43. The van der Waals surface area contributed by atoms with Crippen LogP contribution in [0.5, 0.6) is 17.2 Å². The first-order valence-corrected chi connectivity index (χ1v) is 7.19. The van der Waals surface area contributed by atoms with E-state index in [1.54, 1.807) is 0 Å². The molecule has 0 radical (unpaired) electrons. The Morgan fingerprint density at radius 2 is 1.65 bits per heavy atom.